The van der Waals surface area contributed by atoms with Gasteiger partial charge in [-0.3, -0.25) is 0 Å². The van der Waals surface area contributed by atoms with Crippen molar-refractivity contribution in [2.45, 2.75) is 26.6 Å². The number of hydrogen-bond acceptors (Lipinski definition) is 3. The van der Waals surface area contributed by atoms with Gasteiger partial charge in [-0.25, -0.2) is 0 Å². The van der Waals surface area contributed by atoms with E-state index in [4.69, 9.17) is 15.2 Å². The number of para-hydroxylation sites is 1. The lowest BCUT2D eigenvalue weighted by Gasteiger charge is -2.15. The normalized spacial score (nSPS) is 10.6. The van der Waals surface area contributed by atoms with Crippen molar-refractivity contribution in [1.82, 2.24) is 0 Å². The molecule has 2 N–H and O–H groups in total. The molecular weight excluding hydrogens is 318 g/mol. The number of hydrogen-bond donors (Lipinski definition) is 1. The van der Waals surface area contributed by atoms with Gasteiger partial charge in [0, 0.05) is 4.47 Å². The molecule has 2 rings (SSSR count). The van der Waals surface area contributed by atoms with Gasteiger partial charge in [-0.1, -0.05) is 34.1 Å². The van der Waals surface area contributed by atoms with E-state index in [1.54, 1.807) is 0 Å². The summed E-state index contributed by atoms with van der Waals surface area (Å²) in [6.45, 7) is 4.41. The fourth-order valence-electron chi connectivity index (χ4n) is 1.75. The molecular formula is C16H18BrNO2. The molecule has 20 heavy (non-hydrogen) atoms. The minimum atomic E-state index is 0.0824. The molecule has 0 fully saturated rings. The maximum Gasteiger partial charge on any atom is 0.146 e. The Labute approximate surface area is 127 Å². The molecule has 0 atom stereocenters. The van der Waals surface area contributed by atoms with Crippen LogP contribution >= 0.6 is 15.9 Å². The van der Waals surface area contributed by atoms with Crippen LogP contribution in [0.2, 0.25) is 0 Å². The molecule has 0 aliphatic carbocycles. The average Bonchev–Trinajstić information content (AvgIpc) is 2.41. The van der Waals surface area contributed by atoms with Crippen molar-refractivity contribution >= 4 is 21.6 Å². The lowest BCUT2D eigenvalue weighted by atomic mass is 10.2. The van der Waals surface area contributed by atoms with Crippen molar-refractivity contribution in [3.63, 3.8) is 0 Å². The van der Waals surface area contributed by atoms with E-state index in [9.17, 15) is 0 Å². The van der Waals surface area contributed by atoms with Crippen molar-refractivity contribution in [2.75, 3.05) is 5.73 Å². The SMILES string of the molecule is CC(C)Oc1cccc(OCc2ccc(Br)cc2)c1N. The Hall–Kier alpha value is -1.68. The van der Waals surface area contributed by atoms with E-state index in [2.05, 4.69) is 15.9 Å². The number of halogens is 1. The summed E-state index contributed by atoms with van der Waals surface area (Å²) in [5.74, 6) is 1.30. The number of nitrogen functional groups attached to an aromatic ring is 1. The van der Waals surface area contributed by atoms with Crippen molar-refractivity contribution in [3.05, 3.63) is 52.5 Å². The van der Waals surface area contributed by atoms with Gasteiger partial charge in [0.25, 0.3) is 0 Å². The molecule has 0 aliphatic rings. The summed E-state index contributed by atoms with van der Waals surface area (Å²) in [5, 5.41) is 0. The zero-order chi connectivity index (χ0) is 14.5. The highest BCUT2D eigenvalue weighted by Gasteiger charge is 2.08. The first-order valence-electron chi connectivity index (χ1n) is 6.48. The summed E-state index contributed by atoms with van der Waals surface area (Å²) in [7, 11) is 0. The van der Waals surface area contributed by atoms with Crippen LogP contribution in [0.5, 0.6) is 11.5 Å². The van der Waals surface area contributed by atoms with E-state index < -0.39 is 0 Å². The third kappa shape index (κ3) is 3.90. The second-order valence-electron chi connectivity index (χ2n) is 4.75. The summed E-state index contributed by atoms with van der Waals surface area (Å²) in [6.07, 6.45) is 0.0824. The number of benzene rings is 2. The molecule has 3 nitrogen and oxygen atoms in total. The van der Waals surface area contributed by atoms with Crippen molar-refractivity contribution < 1.29 is 9.47 Å². The van der Waals surface area contributed by atoms with Crippen LogP contribution in [0.25, 0.3) is 0 Å². The fourth-order valence-corrected chi connectivity index (χ4v) is 2.01. The van der Waals surface area contributed by atoms with E-state index in [0.29, 0.717) is 23.8 Å². The van der Waals surface area contributed by atoms with E-state index in [0.717, 1.165) is 10.0 Å². The molecule has 0 spiro atoms. The molecule has 2 aromatic rings. The van der Waals surface area contributed by atoms with Gasteiger partial charge < -0.3 is 15.2 Å². The summed E-state index contributed by atoms with van der Waals surface area (Å²) in [4.78, 5) is 0. The van der Waals surface area contributed by atoms with Gasteiger partial charge in [-0.05, 0) is 43.7 Å². The largest absolute Gasteiger partial charge is 0.489 e. The Morgan fingerprint density at radius 2 is 1.70 bits per heavy atom. The van der Waals surface area contributed by atoms with Crippen molar-refractivity contribution in [3.8, 4) is 11.5 Å². The Balaban J connectivity index is 2.07. The quantitative estimate of drug-likeness (QED) is 0.823. The zero-order valence-electron chi connectivity index (χ0n) is 11.6. The maximum absolute atomic E-state index is 6.06. The summed E-state index contributed by atoms with van der Waals surface area (Å²) >= 11 is 3.41. The summed E-state index contributed by atoms with van der Waals surface area (Å²) in [5.41, 5.74) is 7.69. The molecule has 2 aromatic carbocycles. The number of rotatable bonds is 5. The average molecular weight is 336 g/mol. The highest BCUT2D eigenvalue weighted by Crippen LogP contribution is 2.32. The van der Waals surface area contributed by atoms with Crippen LogP contribution < -0.4 is 15.2 Å². The first-order chi connectivity index (χ1) is 9.56. The standard InChI is InChI=1S/C16H18BrNO2/c1-11(2)20-15-5-3-4-14(16(15)18)19-10-12-6-8-13(17)9-7-12/h3-9,11H,10,18H2,1-2H3. The molecule has 0 saturated heterocycles. The third-order valence-corrected chi connectivity index (χ3v) is 3.23. The zero-order valence-corrected chi connectivity index (χ0v) is 13.2. The molecule has 0 bridgehead atoms. The van der Waals surface area contributed by atoms with E-state index in [-0.39, 0.29) is 6.10 Å². The van der Waals surface area contributed by atoms with Crippen LogP contribution in [-0.4, -0.2) is 6.10 Å². The number of anilines is 1. The van der Waals surface area contributed by atoms with Crippen LogP contribution in [0.3, 0.4) is 0 Å². The summed E-state index contributed by atoms with van der Waals surface area (Å²) < 4.78 is 12.5. The van der Waals surface area contributed by atoms with Gasteiger partial charge in [0.05, 0.1) is 6.10 Å². The lowest BCUT2D eigenvalue weighted by molar-refractivity contribution is 0.241. The van der Waals surface area contributed by atoms with Crippen LogP contribution in [0, 0.1) is 0 Å². The topological polar surface area (TPSA) is 44.5 Å². The van der Waals surface area contributed by atoms with Gasteiger partial charge in [0.1, 0.15) is 23.8 Å². The Bertz CT molecular complexity index is 567. The molecule has 106 valence electrons. The Morgan fingerprint density at radius 1 is 1.05 bits per heavy atom. The predicted molar refractivity (Wildman–Crippen MR) is 85.1 cm³/mol. The van der Waals surface area contributed by atoms with Gasteiger partial charge in [-0.15, -0.1) is 0 Å². The van der Waals surface area contributed by atoms with Crippen LogP contribution in [0.1, 0.15) is 19.4 Å². The monoisotopic (exact) mass is 335 g/mol. The Kier molecular flexibility index (Phi) is 4.90. The summed E-state index contributed by atoms with van der Waals surface area (Å²) in [6, 6.07) is 13.6. The second kappa shape index (κ2) is 6.66. The van der Waals surface area contributed by atoms with Crippen molar-refractivity contribution in [2.24, 2.45) is 0 Å². The highest BCUT2D eigenvalue weighted by atomic mass is 79.9. The van der Waals surface area contributed by atoms with Gasteiger partial charge in [0.2, 0.25) is 0 Å². The van der Waals surface area contributed by atoms with Gasteiger partial charge in [-0.2, -0.15) is 0 Å². The van der Waals surface area contributed by atoms with E-state index in [1.165, 1.54) is 0 Å². The smallest absolute Gasteiger partial charge is 0.146 e. The van der Waals surface area contributed by atoms with Crippen molar-refractivity contribution in [1.29, 1.82) is 0 Å². The molecule has 0 aromatic heterocycles. The molecule has 0 saturated carbocycles. The molecule has 0 aliphatic heterocycles. The minimum Gasteiger partial charge on any atom is -0.489 e. The van der Waals surface area contributed by atoms with E-state index >= 15 is 0 Å². The van der Waals surface area contributed by atoms with Crippen LogP contribution in [0.4, 0.5) is 5.69 Å². The predicted octanol–water partition coefficient (Wildman–Crippen LogP) is 4.40. The van der Waals surface area contributed by atoms with Crippen LogP contribution in [0.15, 0.2) is 46.9 Å². The molecule has 0 radical (unpaired) electrons. The van der Waals surface area contributed by atoms with E-state index in [1.807, 2.05) is 56.3 Å². The first-order valence-corrected chi connectivity index (χ1v) is 7.28. The maximum atomic E-state index is 6.06. The number of nitrogens with two attached hydrogens (primary N) is 1. The molecule has 0 amide bonds. The molecule has 0 unspecified atom stereocenters. The number of ether oxygens (including phenoxy) is 2. The lowest BCUT2D eigenvalue weighted by Crippen LogP contribution is -2.08. The first kappa shape index (κ1) is 14.7. The Morgan fingerprint density at radius 3 is 2.35 bits per heavy atom. The second-order valence-corrected chi connectivity index (χ2v) is 5.67. The third-order valence-electron chi connectivity index (χ3n) is 2.70. The fraction of sp³-hybridized carbons (Fsp3) is 0.250. The van der Waals surface area contributed by atoms with Gasteiger partial charge >= 0.3 is 0 Å². The molecule has 0 heterocycles. The van der Waals surface area contributed by atoms with Crippen LogP contribution in [-0.2, 0) is 6.61 Å². The molecule has 4 heteroatoms. The minimum absolute atomic E-state index is 0.0824. The van der Waals surface area contributed by atoms with Gasteiger partial charge in [0.15, 0.2) is 0 Å². The highest BCUT2D eigenvalue weighted by molar-refractivity contribution is 9.10.